The van der Waals surface area contributed by atoms with E-state index in [4.69, 9.17) is 4.74 Å². The number of H-pyrrole nitrogens is 1. The number of anilines is 1. The van der Waals surface area contributed by atoms with E-state index in [0.717, 1.165) is 26.6 Å². The molecule has 0 spiro atoms. The van der Waals surface area contributed by atoms with Crippen LogP contribution in [-0.4, -0.2) is 28.8 Å². The Morgan fingerprint density at radius 3 is 2.60 bits per heavy atom. The second kappa shape index (κ2) is 9.23. The van der Waals surface area contributed by atoms with Gasteiger partial charge >= 0.3 is 6.09 Å². The molecule has 1 aromatic heterocycles. The van der Waals surface area contributed by atoms with Crippen LogP contribution in [0, 0.1) is 11.3 Å². The Balaban J connectivity index is 1.88. The molecule has 1 amide bonds. The molecule has 2 aromatic carbocycles. The first kappa shape index (κ1) is 21.7. The van der Waals surface area contributed by atoms with Gasteiger partial charge in [-0.2, -0.15) is 5.26 Å². The lowest BCUT2D eigenvalue weighted by Crippen LogP contribution is -2.49. The molecule has 0 aliphatic carbocycles. The Morgan fingerprint density at radius 1 is 1.20 bits per heavy atom. The lowest BCUT2D eigenvalue weighted by atomic mass is 9.99. The highest BCUT2D eigenvalue weighted by Gasteiger charge is 2.27. The number of carbonyl (C=O) groups is 1. The predicted octanol–water partition coefficient (Wildman–Crippen LogP) is 5.37. The molecule has 3 rings (SSSR count). The number of amides is 1. The molecule has 0 saturated heterocycles. The Labute approximate surface area is 184 Å². The van der Waals surface area contributed by atoms with E-state index in [1.54, 1.807) is 0 Å². The number of rotatable bonds is 6. The molecule has 3 aromatic rings. The van der Waals surface area contributed by atoms with Gasteiger partial charge in [0, 0.05) is 27.3 Å². The number of nitrogens with one attached hydrogen (secondary N) is 3. The minimum absolute atomic E-state index is 0.457. The Hall–Kier alpha value is -2.98. The van der Waals surface area contributed by atoms with Gasteiger partial charge in [-0.1, -0.05) is 30.3 Å². The van der Waals surface area contributed by atoms with Gasteiger partial charge in [-0.15, -0.1) is 0 Å². The first-order valence-electron chi connectivity index (χ1n) is 9.72. The zero-order valence-electron chi connectivity index (χ0n) is 17.2. The molecule has 0 bridgehead atoms. The maximum atomic E-state index is 12.5. The Kier molecular flexibility index (Phi) is 6.68. The number of para-hydroxylation sites is 2. The van der Waals surface area contributed by atoms with Crippen molar-refractivity contribution in [2.75, 3.05) is 5.32 Å². The standard InChI is InChI=1S/C23H25BrN4O2/c1-23(2,3)30-22(29)28-20(12-15-14-26-18-10-6-4-8-16(15)18)21(13-25)27-19-11-7-5-9-17(19)24/h4-11,14,20-21,26-27H,12H2,1-3H3,(H,28,29)/t20-,21?/m0/s1. The molecular formula is C23H25BrN4O2. The van der Waals surface area contributed by atoms with Gasteiger partial charge in [0.1, 0.15) is 11.6 Å². The van der Waals surface area contributed by atoms with Crippen molar-refractivity contribution in [2.45, 2.75) is 44.9 Å². The highest BCUT2D eigenvalue weighted by Crippen LogP contribution is 2.24. The lowest BCUT2D eigenvalue weighted by molar-refractivity contribution is 0.0502. The van der Waals surface area contributed by atoms with Gasteiger partial charge in [0.25, 0.3) is 0 Å². The summed E-state index contributed by atoms with van der Waals surface area (Å²) in [7, 11) is 0. The molecule has 156 valence electrons. The van der Waals surface area contributed by atoms with Crippen LogP contribution in [0.25, 0.3) is 10.9 Å². The van der Waals surface area contributed by atoms with E-state index in [0.29, 0.717) is 6.42 Å². The first-order chi connectivity index (χ1) is 14.3. The fourth-order valence-corrected chi connectivity index (χ4v) is 3.62. The fourth-order valence-electron chi connectivity index (χ4n) is 3.22. The third kappa shape index (κ3) is 5.55. The summed E-state index contributed by atoms with van der Waals surface area (Å²) in [4.78, 5) is 15.8. The van der Waals surface area contributed by atoms with Crippen LogP contribution < -0.4 is 10.6 Å². The minimum Gasteiger partial charge on any atom is -0.444 e. The van der Waals surface area contributed by atoms with Crippen molar-refractivity contribution >= 4 is 38.6 Å². The SMILES string of the molecule is CC(C)(C)OC(=O)N[C@@H](Cc1c[nH]c2ccccc12)C(C#N)Nc1ccccc1Br. The molecular weight excluding hydrogens is 444 g/mol. The number of benzene rings is 2. The van der Waals surface area contributed by atoms with E-state index in [9.17, 15) is 10.1 Å². The molecule has 0 aliphatic rings. The molecule has 7 heteroatoms. The molecule has 0 saturated carbocycles. The maximum absolute atomic E-state index is 12.5. The van der Waals surface area contributed by atoms with Crippen LogP contribution in [0.5, 0.6) is 0 Å². The van der Waals surface area contributed by atoms with Gasteiger partial charge < -0.3 is 20.4 Å². The average molecular weight is 469 g/mol. The third-order valence-electron chi connectivity index (χ3n) is 4.54. The summed E-state index contributed by atoms with van der Waals surface area (Å²) in [5.41, 5.74) is 2.17. The monoisotopic (exact) mass is 468 g/mol. The number of halogens is 1. The van der Waals surface area contributed by atoms with E-state index in [2.05, 4.69) is 37.6 Å². The number of nitrogens with zero attached hydrogens (tertiary/aromatic N) is 1. The van der Waals surface area contributed by atoms with Crippen molar-refractivity contribution in [3.63, 3.8) is 0 Å². The molecule has 0 radical (unpaired) electrons. The third-order valence-corrected chi connectivity index (χ3v) is 5.23. The number of hydrogen-bond donors (Lipinski definition) is 3. The fraction of sp³-hybridized carbons (Fsp3) is 0.304. The maximum Gasteiger partial charge on any atom is 0.407 e. The summed E-state index contributed by atoms with van der Waals surface area (Å²) in [5.74, 6) is 0. The van der Waals surface area contributed by atoms with Crippen LogP contribution in [0.1, 0.15) is 26.3 Å². The molecule has 30 heavy (non-hydrogen) atoms. The van der Waals surface area contributed by atoms with Crippen LogP contribution >= 0.6 is 15.9 Å². The molecule has 1 heterocycles. The normalized spacial score (nSPS) is 13.3. The number of nitriles is 1. The van der Waals surface area contributed by atoms with Crippen molar-refractivity contribution in [3.05, 3.63) is 64.8 Å². The number of aromatic amines is 1. The van der Waals surface area contributed by atoms with Crippen molar-refractivity contribution < 1.29 is 9.53 Å². The number of aromatic nitrogens is 1. The molecule has 6 nitrogen and oxygen atoms in total. The molecule has 1 unspecified atom stereocenters. The zero-order valence-corrected chi connectivity index (χ0v) is 18.8. The summed E-state index contributed by atoms with van der Waals surface area (Å²) >= 11 is 3.50. The lowest BCUT2D eigenvalue weighted by Gasteiger charge is -2.27. The Morgan fingerprint density at radius 2 is 1.90 bits per heavy atom. The number of carbonyl (C=O) groups excluding carboxylic acids is 1. The summed E-state index contributed by atoms with van der Waals surface area (Å²) in [5, 5.41) is 17.1. The number of hydrogen-bond acceptors (Lipinski definition) is 4. The van der Waals surface area contributed by atoms with Crippen LogP contribution in [0.3, 0.4) is 0 Å². The van der Waals surface area contributed by atoms with Crippen LogP contribution in [-0.2, 0) is 11.2 Å². The molecule has 0 fully saturated rings. The number of ether oxygens (including phenoxy) is 1. The molecule has 0 aliphatic heterocycles. The van der Waals surface area contributed by atoms with Crippen molar-refractivity contribution in [1.29, 1.82) is 5.26 Å². The van der Waals surface area contributed by atoms with Crippen molar-refractivity contribution in [3.8, 4) is 6.07 Å². The zero-order chi connectivity index (χ0) is 21.7. The van der Waals surface area contributed by atoms with Gasteiger partial charge in [-0.25, -0.2) is 4.79 Å². The van der Waals surface area contributed by atoms with Gasteiger partial charge in [0.15, 0.2) is 0 Å². The second-order valence-corrected chi connectivity index (χ2v) is 8.90. The van der Waals surface area contributed by atoms with Crippen LogP contribution in [0.15, 0.2) is 59.2 Å². The highest BCUT2D eigenvalue weighted by molar-refractivity contribution is 9.10. The van der Waals surface area contributed by atoms with Gasteiger partial charge in [-0.3, -0.25) is 0 Å². The van der Waals surface area contributed by atoms with Gasteiger partial charge in [0.2, 0.25) is 0 Å². The summed E-state index contributed by atoms with van der Waals surface area (Å²) < 4.78 is 6.28. The molecule has 2 atom stereocenters. The number of alkyl carbamates (subject to hydrolysis) is 1. The smallest absolute Gasteiger partial charge is 0.407 e. The van der Waals surface area contributed by atoms with Gasteiger partial charge in [0.05, 0.1) is 12.1 Å². The first-order valence-corrected chi connectivity index (χ1v) is 10.5. The summed E-state index contributed by atoms with van der Waals surface area (Å²) in [6, 6.07) is 16.6. The summed E-state index contributed by atoms with van der Waals surface area (Å²) in [6.07, 6.45) is 1.82. The quantitative estimate of drug-likeness (QED) is 0.453. The largest absolute Gasteiger partial charge is 0.444 e. The topological polar surface area (TPSA) is 89.9 Å². The van der Waals surface area contributed by atoms with E-state index in [-0.39, 0.29) is 0 Å². The predicted molar refractivity (Wildman–Crippen MR) is 122 cm³/mol. The summed E-state index contributed by atoms with van der Waals surface area (Å²) in [6.45, 7) is 5.42. The molecule has 3 N–H and O–H groups in total. The Bertz CT molecular complexity index is 1060. The van der Waals surface area contributed by atoms with Crippen molar-refractivity contribution in [2.24, 2.45) is 0 Å². The second-order valence-electron chi connectivity index (χ2n) is 8.05. The van der Waals surface area contributed by atoms with Crippen LogP contribution in [0.4, 0.5) is 10.5 Å². The van der Waals surface area contributed by atoms with Crippen molar-refractivity contribution in [1.82, 2.24) is 10.3 Å². The van der Waals surface area contributed by atoms with E-state index >= 15 is 0 Å². The minimum atomic E-state index is -0.676. The van der Waals surface area contributed by atoms with Crippen LogP contribution in [0.2, 0.25) is 0 Å². The van der Waals surface area contributed by atoms with Gasteiger partial charge in [-0.05, 0) is 66.9 Å². The average Bonchev–Trinajstić information content (AvgIpc) is 3.08. The van der Waals surface area contributed by atoms with E-state index in [1.165, 1.54) is 0 Å². The van der Waals surface area contributed by atoms with E-state index in [1.807, 2.05) is 75.5 Å². The number of fused-ring (bicyclic) bond motifs is 1. The van der Waals surface area contributed by atoms with E-state index < -0.39 is 23.8 Å². The highest BCUT2D eigenvalue weighted by atomic mass is 79.9.